The van der Waals surface area contributed by atoms with Gasteiger partial charge in [0.1, 0.15) is 0 Å². The van der Waals surface area contributed by atoms with Crippen LogP contribution in [0.1, 0.15) is 24.5 Å². The second kappa shape index (κ2) is 7.14. The molecule has 0 bridgehead atoms. The van der Waals surface area contributed by atoms with Gasteiger partial charge in [0.2, 0.25) is 5.91 Å². The van der Waals surface area contributed by atoms with Crippen LogP contribution >= 0.6 is 11.8 Å². The first-order valence-corrected chi connectivity index (χ1v) is 8.38. The van der Waals surface area contributed by atoms with Crippen LogP contribution in [0, 0.1) is 12.8 Å². The highest BCUT2D eigenvalue weighted by atomic mass is 32.2. The number of rotatable bonds is 5. The lowest BCUT2D eigenvalue weighted by atomic mass is 10.1. The molecule has 0 spiro atoms. The van der Waals surface area contributed by atoms with Gasteiger partial charge in [0.05, 0.1) is 5.75 Å². The van der Waals surface area contributed by atoms with E-state index in [0.717, 1.165) is 18.7 Å². The van der Waals surface area contributed by atoms with E-state index in [1.165, 1.54) is 11.1 Å². The number of nitrogens with zero attached hydrogens (tertiary/aromatic N) is 1. The lowest BCUT2D eigenvalue weighted by Gasteiger charge is -2.21. The number of benzene rings is 1. The van der Waals surface area contributed by atoms with E-state index < -0.39 is 0 Å². The highest BCUT2D eigenvalue weighted by Crippen LogP contribution is 2.23. The summed E-state index contributed by atoms with van der Waals surface area (Å²) in [6.07, 6.45) is 1.05. The highest BCUT2D eigenvalue weighted by molar-refractivity contribution is 7.99. The number of hydrogen-bond donors (Lipinski definition) is 1. The Morgan fingerprint density at radius 3 is 2.95 bits per heavy atom. The van der Waals surface area contributed by atoms with Crippen molar-refractivity contribution >= 4 is 17.7 Å². The lowest BCUT2D eigenvalue weighted by molar-refractivity contribution is -0.128. The second-order valence-corrected chi connectivity index (χ2v) is 6.70. The van der Waals surface area contributed by atoms with Crippen LogP contribution < -0.4 is 5.73 Å². The molecule has 0 aromatic heterocycles. The predicted octanol–water partition coefficient (Wildman–Crippen LogP) is 2.42. The molecule has 0 saturated carbocycles. The SMILES string of the molecule is Cc1cccc(CSCC(=O)N2CC(CN)CC2C)c1. The Balaban J connectivity index is 1.78. The summed E-state index contributed by atoms with van der Waals surface area (Å²) in [5.74, 6) is 2.20. The van der Waals surface area contributed by atoms with E-state index >= 15 is 0 Å². The Morgan fingerprint density at radius 2 is 2.30 bits per heavy atom. The third-order valence-corrected chi connectivity index (χ3v) is 4.88. The largest absolute Gasteiger partial charge is 0.339 e. The number of thioether (sulfide) groups is 1. The number of amides is 1. The topological polar surface area (TPSA) is 46.3 Å². The molecule has 1 fully saturated rings. The van der Waals surface area contributed by atoms with Gasteiger partial charge >= 0.3 is 0 Å². The Labute approximate surface area is 125 Å². The third kappa shape index (κ3) is 4.00. The number of aryl methyl sites for hydroxylation is 1. The van der Waals surface area contributed by atoms with Crippen LogP contribution in [0.3, 0.4) is 0 Å². The van der Waals surface area contributed by atoms with Gasteiger partial charge in [-0.2, -0.15) is 0 Å². The lowest BCUT2D eigenvalue weighted by Crippen LogP contribution is -2.35. The maximum atomic E-state index is 12.2. The van der Waals surface area contributed by atoms with Crippen LogP contribution in [0.15, 0.2) is 24.3 Å². The fourth-order valence-corrected chi connectivity index (χ4v) is 3.66. The zero-order valence-electron chi connectivity index (χ0n) is 12.3. The molecule has 1 aromatic rings. The van der Waals surface area contributed by atoms with Crippen LogP contribution in [0.2, 0.25) is 0 Å². The van der Waals surface area contributed by atoms with Gasteiger partial charge < -0.3 is 10.6 Å². The number of carbonyl (C=O) groups excluding carboxylic acids is 1. The molecular formula is C16H24N2OS. The van der Waals surface area contributed by atoms with Crippen LogP contribution in [0.5, 0.6) is 0 Å². The minimum absolute atomic E-state index is 0.256. The van der Waals surface area contributed by atoms with Gasteiger partial charge in [-0.15, -0.1) is 11.8 Å². The Bertz CT molecular complexity index is 464. The molecule has 4 heteroatoms. The van der Waals surface area contributed by atoms with Crippen molar-refractivity contribution in [3.05, 3.63) is 35.4 Å². The zero-order valence-corrected chi connectivity index (χ0v) is 13.2. The summed E-state index contributed by atoms with van der Waals surface area (Å²) in [6.45, 7) is 5.74. The summed E-state index contributed by atoms with van der Waals surface area (Å²) >= 11 is 1.70. The minimum atomic E-state index is 0.256. The summed E-state index contributed by atoms with van der Waals surface area (Å²) in [5, 5.41) is 0. The molecule has 0 aliphatic carbocycles. The van der Waals surface area contributed by atoms with Crippen LogP contribution in [0.25, 0.3) is 0 Å². The molecule has 0 radical (unpaired) electrons. The smallest absolute Gasteiger partial charge is 0.232 e. The molecule has 1 heterocycles. The van der Waals surface area contributed by atoms with E-state index in [2.05, 4.69) is 38.1 Å². The molecule has 1 aliphatic rings. The molecule has 1 amide bonds. The van der Waals surface area contributed by atoms with Gasteiger partial charge in [0.15, 0.2) is 0 Å². The Hall–Kier alpha value is -1.00. The summed E-state index contributed by atoms with van der Waals surface area (Å²) in [5.41, 5.74) is 8.27. The summed E-state index contributed by atoms with van der Waals surface area (Å²) in [4.78, 5) is 14.2. The number of hydrogen-bond acceptors (Lipinski definition) is 3. The van der Waals surface area contributed by atoms with Gasteiger partial charge in [-0.25, -0.2) is 0 Å². The minimum Gasteiger partial charge on any atom is -0.339 e. The first-order valence-electron chi connectivity index (χ1n) is 7.23. The molecule has 3 nitrogen and oxygen atoms in total. The summed E-state index contributed by atoms with van der Waals surface area (Å²) in [6, 6.07) is 8.81. The molecular weight excluding hydrogens is 268 g/mol. The molecule has 20 heavy (non-hydrogen) atoms. The molecule has 1 aromatic carbocycles. The number of nitrogens with two attached hydrogens (primary N) is 1. The van der Waals surface area contributed by atoms with Gasteiger partial charge in [-0.3, -0.25) is 4.79 Å². The monoisotopic (exact) mass is 292 g/mol. The highest BCUT2D eigenvalue weighted by Gasteiger charge is 2.31. The molecule has 110 valence electrons. The average molecular weight is 292 g/mol. The molecule has 2 rings (SSSR count). The van der Waals surface area contributed by atoms with Crippen molar-refractivity contribution < 1.29 is 4.79 Å². The van der Waals surface area contributed by atoms with Crippen molar-refractivity contribution in [2.24, 2.45) is 11.7 Å². The fourth-order valence-electron chi connectivity index (χ4n) is 2.80. The van der Waals surface area contributed by atoms with E-state index in [9.17, 15) is 4.79 Å². The average Bonchev–Trinajstić information content (AvgIpc) is 2.80. The van der Waals surface area contributed by atoms with Crippen LogP contribution in [0.4, 0.5) is 0 Å². The van der Waals surface area contributed by atoms with Crippen LogP contribution in [-0.2, 0) is 10.5 Å². The van der Waals surface area contributed by atoms with Crippen molar-refractivity contribution in [2.45, 2.75) is 32.1 Å². The van der Waals surface area contributed by atoms with E-state index in [0.29, 0.717) is 24.3 Å². The number of carbonyl (C=O) groups is 1. The maximum Gasteiger partial charge on any atom is 0.232 e. The Morgan fingerprint density at radius 1 is 1.50 bits per heavy atom. The van der Waals surface area contributed by atoms with Crippen molar-refractivity contribution in [3.8, 4) is 0 Å². The molecule has 1 aliphatic heterocycles. The third-order valence-electron chi connectivity index (χ3n) is 3.89. The van der Waals surface area contributed by atoms with Gasteiger partial charge in [-0.1, -0.05) is 29.8 Å². The fraction of sp³-hybridized carbons (Fsp3) is 0.562. The number of likely N-dealkylation sites (tertiary alicyclic amines) is 1. The quantitative estimate of drug-likeness (QED) is 0.906. The Kier molecular flexibility index (Phi) is 5.49. The summed E-state index contributed by atoms with van der Waals surface area (Å²) in [7, 11) is 0. The second-order valence-electron chi connectivity index (χ2n) is 5.71. The van der Waals surface area contributed by atoms with Crippen molar-refractivity contribution in [3.63, 3.8) is 0 Å². The summed E-state index contributed by atoms with van der Waals surface area (Å²) < 4.78 is 0. The van der Waals surface area contributed by atoms with Gasteiger partial charge in [0.25, 0.3) is 0 Å². The van der Waals surface area contributed by atoms with Crippen molar-refractivity contribution in [2.75, 3.05) is 18.8 Å². The van der Waals surface area contributed by atoms with E-state index in [1.807, 2.05) is 4.90 Å². The van der Waals surface area contributed by atoms with Crippen molar-refractivity contribution in [1.29, 1.82) is 0 Å². The first kappa shape index (κ1) is 15.4. The van der Waals surface area contributed by atoms with Gasteiger partial charge in [0, 0.05) is 18.3 Å². The molecule has 2 unspecified atom stereocenters. The van der Waals surface area contributed by atoms with E-state index in [4.69, 9.17) is 5.73 Å². The zero-order chi connectivity index (χ0) is 14.5. The predicted molar refractivity (Wildman–Crippen MR) is 85.7 cm³/mol. The van der Waals surface area contributed by atoms with Crippen molar-refractivity contribution in [1.82, 2.24) is 4.90 Å². The first-order chi connectivity index (χ1) is 9.60. The maximum absolute atomic E-state index is 12.2. The molecule has 2 N–H and O–H groups in total. The molecule has 1 saturated heterocycles. The standard InChI is InChI=1S/C16H24N2OS/c1-12-4-3-5-14(6-12)10-20-11-16(19)18-9-15(8-17)7-13(18)2/h3-6,13,15H,7-11,17H2,1-2H3. The van der Waals surface area contributed by atoms with E-state index in [-0.39, 0.29) is 5.91 Å². The van der Waals surface area contributed by atoms with E-state index in [1.54, 1.807) is 11.8 Å². The molecule has 2 atom stereocenters. The van der Waals surface area contributed by atoms with Crippen LogP contribution in [-0.4, -0.2) is 35.7 Å². The van der Waals surface area contributed by atoms with Gasteiger partial charge in [-0.05, 0) is 38.3 Å². The normalized spacial score (nSPS) is 22.2.